The standard InChI is InChI=1S/C15H30N2O/c1-15(2,3)16-10-14-4-7-17(12-14)11-13-5-8-18-9-6-13/h13-14,16H,4-12H2,1-3H3. The van der Waals surface area contributed by atoms with Gasteiger partial charge in [-0.15, -0.1) is 0 Å². The maximum Gasteiger partial charge on any atom is 0.0469 e. The van der Waals surface area contributed by atoms with Crippen molar-refractivity contribution in [2.45, 2.75) is 45.6 Å². The molecule has 2 fully saturated rings. The van der Waals surface area contributed by atoms with Crippen LogP contribution in [0.15, 0.2) is 0 Å². The predicted octanol–water partition coefficient (Wildman–Crippen LogP) is 2.12. The molecule has 3 nitrogen and oxygen atoms in total. The van der Waals surface area contributed by atoms with Gasteiger partial charge in [0.05, 0.1) is 0 Å². The summed E-state index contributed by atoms with van der Waals surface area (Å²) in [6.45, 7) is 13.8. The summed E-state index contributed by atoms with van der Waals surface area (Å²) in [6, 6.07) is 0. The molecule has 2 rings (SSSR count). The summed E-state index contributed by atoms with van der Waals surface area (Å²) in [6.07, 6.45) is 3.90. The molecule has 2 saturated heterocycles. The van der Waals surface area contributed by atoms with E-state index in [1.807, 2.05) is 0 Å². The number of nitrogens with zero attached hydrogens (tertiary/aromatic N) is 1. The summed E-state index contributed by atoms with van der Waals surface area (Å²) >= 11 is 0. The maximum atomic E-state index is 5.43. The molecule has 0 bridgehead atoms. The van der Waals surface area contributed by atoms with Gasteiger partial charge >= 0.3 is 0 Å². The average Bonchev–Trinajstić information content (AvgIpc) is 2.75. The van der Waals surface area contributed by atoms with Crippen LogP contribution in [0.5, 0.6) is 0 Å². The van der Waals surface area contributed by atoms with Crippen LogP contribution < -0.4 is 5.32 Å². The molecule has 106 valence electrons. The van der Waals surface area contributed by atoms with Crippen LogP contribution in [-0.2, 0) is 4.74 Å². The van der Waals surface area contributed by atoms with E-state index in [4.69, 9.17) is 4.74 Å². The third-order valence-electron chi connectivity index (χ3n) is 4.15. The highest BCUT2D eigenvalue weighted by Gasteiger charge is 2.26. The first-order valence-corrected chi connectivity index (χ1v) is 7.58. The van der Waals surface area contributed by atoms with E-state index in [9.17, 15) is 0 Å². The topological polar surface area (TPSA) is 24.5 Å². The van der Waals surface area contributed by atoms with Crippen molar-refractivity contribution in [3.8, 4) is 0 Å². The molecule has 0 aromatic carbocycles. The van der Waals surface area contributed by atoms with E-state index in [0.717, 1.165) is 25.0 Å². The fourth-order valence-corrected chi connectivity index (χ4v) is 2.99. The third kappa shape index (κ3) is 4.87. The van der Waals surface area contributed by atoms with Crippen LogP contribution >= 0.6 is 0 Å². The van der Waals surface area contributed by atoms with E-state index in [1.54, 1.807) is 0 Å². The molecule has 3 heteroatoms. The maximum absolute atomic E-state index is 5.43. The lowest BCUT2D eigenvalue weighted by Crippen LogP contribution is -2.40. The summed E-state index contributed by atoms with van der Waals surface area (Å²) < 4.78 is 5.43. The fraction of sp³-hybridized carbons (Fsp3) is 1.00. The lowest BCUT2D eigenvalue weighted by atomic mass is 10.00. The van der Waals surface area contributed by atoms with Crippen molar-refractivity contribution < 1.29 is 4.74 Å². The van der Waals surface area contributed by atoms with Crippen molar-refractivity contribution in [3.05, 3.63) is 0 Å². The second-order valence-corrected chi connectivity index (χ2v) is 7.10. The number of ether oxygens (including phenoxy) is 1. The molecule has 1 atom stereocenters. The van der Waals surface area contributed by atoms with Crippen LogP contribution in [0.1, 0.15) is 40.0 Å². The van der Waals surface area contributed by atoms with Crippen LogP contribution in [0.3, 0.4) is 0 Å². The minimum absolute atomic E-state index is 0.258. The minimum atomic E-state index is 0.258. The van der Waals surface area contributed by atoms with E-state index in [-0.39, 0.29) is 5.54 Å². The first kappa shape index (κ1) is 14.3. The number of nitrogens with one attached hydrogen (secondary N) is 1. The average molecular weight is 254 g/mol. The van der Waals surface area contributed by atoms with Gasteiger partial charge in [-0.1, -0.05) is 0 Å². The zero-order valence-corrected chi connectivity index (χ0v) is 12.4. The number of hydrogen-bond acceptors (Lipinski definition) is 3. The summed E-state index contributed by atoms with van der Waals surface area (Å²) in [4.78, 5) is 2.67. The molecule has 0 saturated carbocycles. The van der Waals surface area contributed by atoms with Gasteiger partial charge in [-0.3, -0.25) is 0 Å². The van der Waals surface area contributed by atoms with Crippen LogP contribution in [0.2, 0.25) is 0 Å². The molecule has 2 aliphatic rings. The van der Waals surface area contributed by atoms with Gasteiger partial charge in [-0.25, -0.2) is 0 Å². The highest BCUT2D eigenvalue weighted by Crippen LogP contribution is 2.21. The molecule has 0 amide bonds. The van der Waals surface area contributed by atoms with Crippen LogP contribution in [0, 0.1) is 11.8 Å². The Balaban J connectivity index is 1.65. The fourth-order valence-electron chi connectivity index (χ4n) is 2.99. The Morgan fingerprint density at radius 3 is 2.50 bits per heavy atom. The zero-order valence-electron chi connectivity index (χ0n) is 12.4. The van der Waals surface area contributed by atoms with Gasteiger partial charge in [0.15, 0.2) is 0 Å². The van der Waals surface area contributed by atoms with E-state index in [2.05, 4.69) is 31.0 Å². The van der Waals surface area contributed by atoms with Crippen LogP contribution in [0.25, 0.3) is 0 Å². The first-order valence-electron chi connectivity index (χ1n) is 7.58. The number of rotatable bonds is 4. The highest BCUT2D eigenvalue weighted by molar-refractivity contribution is 4.82. The second-order valence-electron chi connectivity index (χ2n) is 7.10. The monoisotopic (exact) mass is 254 g/mol. The zero-order chi connectivity index (χ0) is 13.0. The molecule has 0 aromatic rings. The Morgan fingerprint density at radius 2 is 1.83 bits per heavy atom. The lowest BCUT2D eigenvalue weighted by Gasteiger charge is -2.27. The van der Waals surface area contributed by atoms with Crippen LogP contribution in [-0.4, -0.2) is 49.8 Å². The smallest absolute Gasteiger partial charge is 0.0469 e. The Morgan fingerprint density at radius 1 is 1.11 bits per heavy atom. The van der Waals surface area contributed by atoms with Crippen molar-refractivity contribution in [1.82, 2.24) is 10.2 Å². The van der Waals surface area contributed by atoms with Crippen LogP contribution in [0.4, 0.5) is 0 Å². The Hall–Kier alpha value is -0.120. The minimum Gasteiger partial charge on any atom is -0.381 e. The molecule has 0 spiro atoms. The molecule has 2 heterocycles. The van der Waals surface area contributed by atoms with Crippen molar-refractivity contribution in [2.75, 3.05) is 39.4 Å². The van der Waals surface area contributed by atoms with Gasteiger partial charge in [0.1, 0.15) is 0 Å². The van der Waals surface area contributed by atoms with Gasteiger partial charge in [0.25, 0.3) is 0 Å². The summed E-state index contributed by atoms with van der Waals surface area (Å²) in [5, 5.41) is 3.64. The van der Waals surface area contributed by atoms with Gasteiger partial charge in [0, 0.05) is 31.8 Å². The van der Waals surface area contributed by atoms with Gasteiger partial charge < -0.3 is 15.0 Å². The number of hydrogen-bond donors (Lipinski definition) is 1. The molecule has 0 radical (unpaired) electrons. The molecular formula is C15H30N2O. The van der Waals surface area contributed by atoms with Gasteiger partial charge in [-0.2, -0.15) is 0 Å². The largest absolute Gasteiger partial charge is 0.381 e. The molecular weight excluding hydrogens is 224 g/mol. The molecule has 0 aromatic heterocycles. The predicted molar refractivity (Wildman–Crippen MR) is 75.8 cm³/mol. The molecule has 1 N–H and O–H groups in total. The molecule has 0 aliphatic carbocycles. The van der Waals surface area contributed by atoms with E-state index in [1.165, 1.54) is 45.4 Å². The summed E-state index contributed by atoms with van der Waals surface area (Å²) in [5.41, 5.74) is 0.258. The van der Waals surface area contributed by atoms with E-state index in [0.29, 0.717) is 0 Å². The molecule has 18 heavy (non-hydrogen) atoms. The normalized spacial score (nSPS) is 27.8. The Kier molecular flexibility index (Phi) is 5.05. The SMILES string of the molecule is CC(C)(C)NCC1CCN(CC2CCOCC2)C1. The van der Waals surface area contributed by atoms with E-state index >= 15 is 0 Å². The summed E-state index contributed by atoms with van der Waals surface area (Å²) in [7, 11) is 0. The van der Waals surface area contributed by atoms with Crippen molar-refractivity contribution in [1.29, 1.82) is 0 Å². The first-order chi connectivity index (χ1) is 8.53. The van der Waals surface area contributed by atoms with Gasteiger partial charge in [0.2, 0.25) is 0 Å². The van der Waals surface area contributed by atoms with Gasteiger partial charge in [-0.05, 0) is 65.0 Å². The van der Waals surface area contributed by atoms with E-state index < -0.39 is 0 Å². The van der Waals surface area contributed by atoms with Crippen molar-refractivity contribution in [2.24, 2.45) is 11.8 Å². The second kappa shape index (κ2) is 6.36. The summed E-state index contributed by atoms with van der Waals surface area (Å²) in [5.74, 6) is 1.73. The van der Waals surface area contributed by atoms with Crippen molar-refractivity contribution in [3.63, 3.8) is 0 Å². The highest BCUT2D eigenvalue weighted by atomic mass is 16.5. The third-order valence-corrected chi connectivity index (χ3v) is 4.15. The Labute approximate surface area is 112 Å². The quantitative estimate of drug-likeness (QED) is 0.832. The van der Waals surface area contributed by atoms with Crippen molar-refractivity contribution >= 4 is 0 Å². The molecule has 2 aliphatic heterocycles. The molecule has 1 unspecified atom stereocenters. The number of likely N-dealkylation sites (tertiary alicyclic amines) is 1. The Bertz CT molecular complexity index is 243. The lowest BCUT2D eigenvalue weighted by molar-refractivity contribution is 0.0550.